The molecule has 19 heavy (non-hydrogen) atoms. The van der Waals surface area contributed by atoms with Crippen LogP contribution < -0.4 is 5.32 Å². The van der Waals surface area contributed by atoms with E-state index in [1.165, 1.54) is 16.8 Å². The van der Waals surface area contributed by atoms with Crippen LogP contribution in [-0.2, 0) is 5.75 Å². The number of hydrogen-bond acceptors (Lipinski definition) is 2. The monoisotopic (exact) mass is 291 g/mol. The number of benzene rings is 2. The molecule has 0 atom stereocenters. The van der Waals surface area contributed by atoms with Crippen LogP contribution in [0.3, 0.4) is 0 Å². The smallest absolute Gasteiger partial charge is 0.0446 e. The van der Waals surface area contributed by atoms with Crippen LogP contribution in [0.15, 0.2) is 48.5 Å². The normalized spacial score (nSPS) is 10.4. The molecule has 0 saturated carbocycles. The van der Waals surface area contributed by atoms with Gasteiger partial charge in [0.1, 0.15) is 0 Å². The number of thioether (sulfide) groups is 1. The van der Waals surface area contributed by atoms with Gasteiger partial charge in [-0.2, -0.15) is 11.8 Å². The van der Waals surface area contributed by atoms with E-state index in [1.807, 2.05) is 30.0 Å². The van der Waals surface area contributed by atoms with Crippen LogP contribution in [-0.4, -0.2) is 12.3 Å². The van der Waals surface area contributed by atoms with Crippen molar-refractivity contribution in [3.05, 3.63) is 64.7 Å². The Bertz CT molecular complexity index is 528. The molecule has 0 amide bonds. The third-order valence-electron chi connectivity index (χ3n) is 2.81. The van der Waals surface area contributed by atoms with Crippen LogP contribution in [0.2, 0.25) is 5.02 Å². The zero-order valence-electron chi connectivity index (χ0n) is 11.0. The summed E-state index contributed by atoms with van der Waals surface area (Å²) in [5, 5.41) is 4.30. The first-order valence-corrected chi connectivity index (χ1v) is 7.90. The van der Waals surface area contributed by atoms with Crippen LogP contribution in [0, 0.1) is 6.92 Å². The van der Waals surface area contributed by atoms with Crippen molar-refractivity contribution in [3.8, 4) is 0 Å². The van der Waals surface area contributed by atoms with Crippen LogP contribution >= 0.6 is 23.4 Å². The van der Waals surface area contributed by atoms with E-state index in [0.717, 1.165) is 23.1 Å². The Kier molecular flexibility index (Phi) is 5.62. The third kappa shape index (κ3) is 4.81. The largest absolute Gasteiger partial charge is 0.384 e. The van der Waals surface area contributed by atoms with Crippen molar-refractivity contribution in [1.82, 2.24) is 0 Å². The van der Waals surface area contributed by atoms with E-state index >= 15 is 0 Å². The fourth-order valence-electron chi connectivity index (χ4n) is 1.82. The maximum absolute atomic E-state index is 6.12. The number of hydrogen-bond donors (Lipinski definition) is 1. The minimum Gasteiger partial charge on any atom is -0.384 e. The first-order chi connectivity index (χ1) is 9.25. The minimum absolute atomic E-state index is 0.863. The van der Waals surface area contributed by atoms with Gasteiger partial charge in [0.25, 0.3) is 0 Å². The van der Waals surface area contributed by atoms with Gasteiger partial charge >= 0.3 is 0 Å². The van der Waals surface area contributed by atoms with Gasteiger partial charge in [0.15, 0.2) is 0 Å². The van der Waals surface area contributed by atoms with Gasteiger partial charge in [-0.05, 0) is 36.2 Å². The van der Waals surface area contributed by atoms with Crippen molar-refractivity contribution >= 4 is 29.1 Å². The Morgan fingerprint density at radius 1 is 1.11 bits per heavy atom. The average molecular weight is 292 g/mol. The molecule has 3 heteroatoms. The molecular formula is C16H18ClNS. The van der Waals surface area contributed by atoms with Gasteiger partial charge in [0.2, 0.25) is 0 Å². The second kappa shape index (κ2) is 7.46. The molecule has 1 nitrogen and oxygen atoms in total. The first-order valence-electron chi connectivity index (χ1n) is 6.37. The summed E-state index contributed by atoms with van der Waals surface area (Å²) < 4.78 is 0. The maximum Gasteiger partial charge on any atom is 0.0446 e. The fourth-order valence-corrected chi connectivity index (χ4v) is 2.96. The Morgan fingerprint density at radius 2 is 1.95 bits per heavy atom. The molecule has 2 aromatic rings. The molecule has 0 heterocycles. The molecule has 0 spiro atoms. The summed E-state index contributed by atoms with van der Waals surface area (Å²) in [6.07, 6.45) is 0. The van der Waals surface area contributed by atoms with Gasteiger partial charge < -0.3 is 5.32 Å². The molecule has 0 fully saturated rings. The molecule has 0 aliphatic heterocycles. The summed E-state index contributed by atoms with van der Waals surface area (Å²) in [7, 11) is 0. The summed E-state index contributed by atoms with van der Waals surface area (Å²) in [5.41, 5.74) is 3.69. The van der Waals surface area contributed by atoms with Gasteiger partial charge in [0.05, 0.1) is 0 Å². The molecule has 0 aliphatic carbocycles. The molecule has 2 aromatic carbocycles. The highest BCUT2D eigenvalue weighted by Gasteiger charge is 1.98. The molecule has 0 aliphatic rings. The molecule has 0 saturated heterocycles. The Hall–Kier alpha value is -1.12. The van der Waals surface area contributed by atoms with Crippen molar-refractivity contribution < 1.29 is 0 Å². The standard InChI is InChI=1S/C16H18ClNS/c1-13-5-4-7-15(11-13)18-9-10-19-12-14-6-2-3-8-16(14)17/h2-8,11,18H,9-10,12H2,1H3. The van der Waals surface area contributed by atoms with E-state index in [0.29, 0.717) is 0 Å². The van der Waals surface area contributed by atoms with Crippen molar-refractivity contribution in [2.45, 2.75) is 12.7 Å². The number of nitrogens with one attached hydrogen (secondary N) is 1. The van der Waals surface area contributed by atoms with Gasteiger partial charge in [-0.15, -0.1) is 0 Å². The third-order valence-corrected chi connectivity index (χ3v) is 4.19. The maximum atomic E-state index is 6.12. The van der Waals surface area contributed by atoms with Crippen LogP contribution in [0.1, 0.15) is 11.1 Å². The predicted molar refractivity (Wildman–Crippen MR) is 87.3 cm³/mol. The molecule has 100 valence electrons. The molecular weight excluding hydrogens is 274 g/mol. The summed E-state index contributed by atoms with van der Waals surface area (Å²) in [6, 6.07) is 16.5. The quantitative estimate of drug-likeness (QED) is 0.752. The minimum atomic E-state index is 0.863. The van der Waals surface area contributed by atoms with Crippen LogP contribution in [0.4, 0.5) is 5.69 Å². The summed E-state index contributed by atoms with van der Waals surface area (Å²) >= 11 is 8.02. The lowest BCUT2D eigenvalue weighted by molar-refractivity contribution is 1.22. The molecule has 0 radical (unpaired) electrons. The highest BCUT2D eigenvalue weighted by molar-refractivity contribution is 7.98. The lowest BCUT2D eigenvalue weighted by Gasteiger charge is -2.07. The average Bonchev–Trinajstić information content (AvgIpc) is 2.40. The lowest BCUT2D eigenvalue weighted by Crippen LogP contribution is -2.04. The Morgan fingerprint density at radius 3 is 2.74 bits per heavy atom. The number of rotatable bonds is 6. The van der Waals surface area contributed by atoms with Gasteiger partial charge in [-0.25, -0.2) is 0 Å². The van der Waals surface area contributed by atoms with E-state index in [4.69, 9.17) is 11.6 Å². The highest BCUT2D eigenvalue weighted by atomic mass is 35.5. The molecule has 0 unspecified atom stereocenters. The summed E-state index contributed by atoms with van der Waals surface area (Å²) in [6.45, 7) is 3.08. The van der Waals surface area contributed by atoms with Crippen LogP contribution in [0.25, 0.3) is 0 Å². The zero-order valence-corrected chi connectivity index (χ0v) is 12.6. The summed E-state index contributed by atoms with van der Waals surface area (Å²) in [4.78, 5) is 0. The molecule has 0 bridgehead atoms. The van der Waals surface area contributed by atoms with E-state index in [-0.39, 0.29) is 0 Å². The summed E-state index contributed by atoms with van der Waals surface area (Å²) in [5.74, 6) is 2.04. The van der Waals surface area contributed by atoms with Gasteiger partial charge in [-0.3, -0.25) is 0 Å². The van der Waals surface area contributed by atoms with Crippen molar-refractivity contribution in [2.75, 3.05) is 17.6 Å². The topological polar surface area (TPSA) is 12.0 Å². The second-order valence-corrected chi connectivity index (χ2v) is 5.95. The van der Waals surface area contributed by atoms with E-state index < -0.39 is 0 Å². The first kappa shape index (κ1) is 14.3. The highest BCUT2D eigenvalue weighted by Crippen LogP contribution is 2.20. The number of halogens is 1. The van der Waals surface area contributed by atoms with Crippen molar-refractivity contribution in [1.29, 1.82) is 0 Å². The Labute approximate surface area is 124 Å². The van der Waals surface area contributed by atoms with Crippen molar-refractivity contribution in [2.24, 2.45) is 0 Å². The second-order valence-electron chi connectivity index (χ2n) is 4.44. The number of aryl methyl sites for hydroxylation is 1. The SMILES string of the molecule is Cc1cccc(NCCSCc2ccccc2Cl)c1. The predicted octanol–water partition coefficient (Wildman–Crippen LogP) is 4.99. The molecule has 1 N–H and O–H groups in total. The number of anilines is 1. The molecule has 0 aromatic heterocycles. The van der Waals surface area contributed by atoms with E-state index in [2.05, 4.69) is 42.6 Å². The zero-order chi connectivity index (χ0) is 13.5. The van der Waals surface area contributed by atoms with Crippen LogP contribution in [0.5, 0.6) is 0 Å². The van der Waals surface area contributed by atoms with Crippen molar-refractivity contribution in [3.63, 3.8) is 0 Å². The molecule has 2 rings (SSSR count). The van der Waals surface area contributed by atoms with Gasteiger partial charge in [-0.1, -0.05) is 41.9 Å². The van der Waals surface area contributed by atoms with Gasteiger partial charge in [0, 0.05) is 28.8 Å². The Balaban J connectivity index is 1.69. The fraction of sp³-hybridized carbons (Fsp3) is 0.250. The van der Waals surface area contributed by atoms with E-state index in [1.54, 1.807) is 0 Å². The lowest BCUT2D eigenvalue weighted by atomic mass is 10.2. The van der Waals surface area contributed by atoms with E-state index in [9.17, 15) is 0 Å².